The number of anilines is 1. The monoisotopic (exact) mass is 268 g/mol. The van der Waals surface area contributed by atoms with Crippen LogP contribution < -0.4 is 15.0 Å². The molecule has 0 atom stereocenters. The van der Waals surface area contributed by atoms with Crippen LogP contribution in [0.3, 0.4) is 0 Å². The summed E-state index contributed by atoms with van der Waals surface area (Å²) in [4.78, 5) is 6.44. The molecule has 2 aromatic rings. The van der Waals surface area contributed by atoms with Crippen molar-refractivity contribution in [3.63, 3.8) is 0 Å². The average molecular weight is 268 g/mol. The summed E-state index contributed by atoms with van der Waals surface area (Å²) in [7, 11) is 0. The van der Waals surface area contributed by atoms with Crippen molar-refractivity contribution in [1.29, 1.82) is 0 Å². The van der Waals surface area contributed by atoms with Crippen LogP contribution >= 0.6 is 0 Å². The van der Waals surface area contributed by atoms with Crippen LogP contribution in [0.15, 0.2) is 48.8 Å². The second-order valence-corrected chi connectivity index (χ2v) is 4.80. The number of hydrogen-bond acceptors (Lipinski definition) is 3. The van der Waals surface area contributed by atoms with Gasteiger partial charge in [-0.05, 0) is 30.3 Å². The third-order valence-electron chi connectivity index (χ3n) is 3.39. The molecule has 1 aromatic carbocycles. The zero-order chi connectivity index (χ0) is 13.6. The van der Waals surface area contributed by atoms with E-state index in [1.807, 2.05) is 30.5 Å². The highest BCUT2D eigenvalue weighted by Gasteiger charge is 2.10. The highest BCUT2D eigenvalue weighted by atomic mass is 16.5. The van der Waals surface area contributed by atoms with Crippen LogP contribution in [0.4, 0.5) is 5.69 Å². The van der Waals surface area contributed by atoms with Gasteiger partial charge in [-0.15, -0.1) is 0 Å². The Labute approximate surface area is 119 Å². The lowest BCUT2D eigenvalue weighted by Crippen LogP contribution is -2.40. The summed E-state index contributed by atoms with van der Waals surface area (Å²) in [6.07, 6.45) is 3.59. The molecule has 1 radical (unpaired) electrons. The lowest BCUT2D eigenvalue weighted by molar-refractivity contribution is 0.306. The van der Waals surface area contributed by atoms with Gasteiger partial charge in [0.2, 0.25) is 0 Å². The lowest BCUT2D eigenvalue weighted by Gasteiger charge is -2.28. The van der Waals surface area contributed by atoms with Crippen molar-refractivity contribution >= 4 is 5.69 Å². The molecular formula is C16H18N3O. The summed E-state index contributed by atoms with van der Waals surface area (Å²) >= 11 is 0. The van der Waals surface area contributed by atoms with Gasteiger partial charge in [0.1, 0.15) is 12.4 Å². The van der Waals surface area contributed by atoms with E-state index in [0.717, 1.165) is 37.5 Å². The summed E-state index contributed by atoms with van der Waals surface area (Å²) < 4.78 is 5.76. The highest BCUT2D eigenvalue weighted by molar-refractivity contribution is 5.49. The summed E-state index contributed by atoms with van der Waals surface area (Å²) in [5, 5.41) is 4.36. The van der Waals surface area contributed by atoms with Crippen LogP contribution in [0.1, 0.15) is 5.56 Å². The maximum Gasteiger partial charge on any atom is 0.119 e. The summed E-state index contributed by atoms with van der Waals surface area (Å²) in [5.41, 5.74) is 2.32. The Morgan fingerprint density at radius 1 is 1.05 bits per heavy atom. The first kappa shape index (κ1) is 12.9. The predicted molar refractivity (Wildman–Crippen MR) is 79.1 cm³/mol. The van der Waals surface area contributed by atoms with Gasteiger partial charge in [0.15, 0.2) is 0 Å². The topological polar surface area (TPSA) is 39.5 Å². The van der Waals surface area contributed by atoms with Gasteiger partial charge in [-0.1, -0.05) is 6.07 Å². The molecule has 4 nitrogen and oxygen atoms in total. The first-order valence-corrected chi connectivity index (χ1v) is 6.92. The smallest absolute Gasteiger partial charge is 0.119 e. The van der Waals surface area contributed by atoms with E-state index < -0.39 is 0 Å². The fourth-order valence-electron chi connectivity index (χ4n) is 2.27. The zero-order valence-electron chi connectivity index (χ0n) is 11.4. The molecule has 0 bridgehead atoms. The lowest BCUT2D eigenvalue weighted by atomic mass is 10.2. The Kier molecular flexibility index (Phi) is 4.13. The second kappa shape index (κ2) is 6.39. The Morgan fingerprint density at radius 2 is 1.85 bits per heavy atom. The maximum atomic E-state index is 5.76. The molecule has 0 saturated carbocycles. The van der Waals surface area contributed by atoms with E-state index in [-0.39, 0.29) is 0 Å². The highest BCUT2D eigenvalue weighted by Crippen LogP contribution is 2.20. The molecule has 1 aromatic heterocycles. The first-order valence-electron chi connectivity index (χ1n) is 6.92. The second-order valence-electron chi connectivity index (χ2n) is 4.80. The maximum absolute atomic E-state index is 5.76. The molecule has 0 spiro atoms. The summed E-state index contributed by atoms with van der Waals surface area (Å²) in [6, 6.07) is 12.2. The summed E-state index contributed by atoms with van der Waals surface area (Å²) in [6.45, 7) is 4.43. The van der Waals surface area contributed by atoms with E-state index in [2.05, 4.69) is 27.3 Å². The van der Waals surface area contributed by atoms with Gasteiger partial charge >= 0.3 is 0 Å². The van der Waals surface area contributed by atoms with Crippen LogP contribution in [0.5, 0.6) is 5.75 Å². The van der Waals surface area contributed by atoms with E-state index >= 15 is 0 Å². The molecule has 103 valence electrons. The minimum atomic E-state index is 0.551. The Morgan fingerprint density at radius 3 is 2.55 bits per heavy atom. The molecule has 4 heteroatoms. The fourth-order valence-corrected chi connectivity index (χ4v) is 2.27. The normalized spacial score (nSPS) is 15.1. The van der Waals surface area contributed by atoms with E-state index in [1.54, 1.807) is 6.20 Å². The number of hydrogen-bond donors (Lipinski definition) is 0. The molecule has 1 aliphatic heterocycles. The molecule has 1 aliphatic rings. The van der Waals surface area contributed by atoms with Gasteiger partial charge in [0, 0.05) is 49.8 Å². The van der Waals surface area contributed by atoms with Crippen LogP contribution in [-0.2, 0) is 6.61 Å². The number of nitrogens with zero attached hydrogens (tertiary/aromatic N) is 3. The van der Waals surface area contributed by atoms with Crippen molar-refractivity contribution in [3.8, 4) is 5.75 Å². The Balaban J connectivity index is 1.58. The zero-order valence-corrected chi connectivity index (χ0v) is 11.4. The Hall–Kier alpha value is -2.07. The summed E-state index contributed by atoms with van der Waals surface area (Å²) in [5.74, 6) is 0.888. The van der Waals surface area contributed by atoms with Crippen LogP contribution in [0, 0.1) is 0 Å². The number of benzene rings is 1. The van der Waals surface area contributed by atoms with E-state index in [1.165, 1.54) is 5.69 Å². The third kappa shape index (κ3) is 3.27. The first-order chi connectivity index (χ1) is 9.92. The molecule has 0 amide bonds. The van der Waals surface area contributed by atoms with Gasteiger partial charge in [-0.3, -0.25) is 4.98 Å². The SMILES string of the molecule is c1cncc(COc2ccc(N3CC[N]CC3)cc2)c1. The standard InChI is InChI=1S/C16H18N3O/c1-2-14(12-18-7-1)13-20-16-5-3-15(4-6-16)19-10-8-17-9-11-19/h1-7,12H,8-11,13H2. The molecule has 0 unspecified atom stereocenters. The average Bonchev–Trinajstić information content (AvgIpc) is 2.55. The van der Waals surface area contributed by atoms with Crippen LogP contribution in [0.25, 0.3) is 0 Å². The fraction of sp³-hybridized carbons (Fsp3) is 0.312. The molecule has 1 fully saturated rings. The number of ether oxygens (including phenoxy) is 1. The quantitative estimate of drug-likeness (QED) is 0.852. The number of aromatic nitrogens is 1. The number of pyridine rings is 1. The van der Waals surface area contributed by atoms with Gasteiger partial charge < -0.3 is 9.64 Å². The number of rotatable bonds is 4. The molecule has 1 saturated heterocycles. The largest absolute Gasteiger partial charge is 0.489 e. The third-order valence-corrected chi connectivity index (χ3v) is 3.39. The van der Waals surface area contributed by atoms with Crippen molar-refractivity contribution in [2.24, 2.45) is 0 Å². The van der Waals surface area contributed by atoms with Gasteiger partial charge in [-0.2, -0.15) is 0 Å². The van der Waals surface area contributed by atoms with Crippen molar-refractivity contribution in [1.82, 2.24) is 10.3 Å². The molecule has 2 heterocycles. The van der Waals surface area contributed by atoms with Gasteiger partial charge in [-0.25, -0.2) is 5.32 Å². The molecule has 20 heavy (non-hydrogen) atoms. The predicted octanol–water partition coefficient (Wildman–Crippen LogP) is 2.08. The molecule has 3 rings (SSSR count). The van der Waals surface area contributed by atoms with E-state index in [9.17, 15) is 0 Å². The van der Waals surface area contributed by atoms with Crippen molar-refractivity contribution in [3.05, 3.63) is 54.4 Å². The van der Waals surface area contributed by atoms with Crippen molar-refractivity contribution < 1.29 is 4.74 Å². The molecular weight excluding hydrogens is 250 g/mol. The van der Waals surface area contributed by atoms with E-state index in [4.69, 9.17) is 4.74 Å². The van der Waals surface area contributed by atoms with Gasteiger partial charge in [0.05, 0.1) is 0 Å². The Bertz CT molecular complexity index is 521. The minimum Gasteiger partial charge on any atom is -0.489 e. The minimum absolute atomic E-state index is 0.551. The van der Waals surface area contributed by atoms with Crippen molar-refractivity contribution in [2.75, 3.05) is 31.1 Å². The molecule has 0 aliphatic carbocycles. The van der Waals surface area contributed by atoms with E-state index in [0.29, 0.717) is 6.61 Å². The van der Waals surface area contributed by atoms with Crippen molar-refractivity contribution in [2.45, 2.75) is 6.61 Å². The van der Waals surface area contributed by atoms with Crippen LogP contribution in [0.2, 0.25) is 0 Å². The number of piperazine rings is 1. The van der Waals surface area contributed by atoms with Crippen LogP contribution in [-0.4, -0.2) is 31.2 Å². The molecule has 0 N–H and O–H groups in total. The van der Waals surface area contributed by atoms with Gasteiger partial charge in [0.25, 0.3) is 0 Å².